The molecule has 6 nitrogen and oxygen atoms in total. The summed E-state index contributed by atoms with van der Waals surface area (Å²) in [7, 11) is 0. The Morgan fingerprint density at radius 1 is 1.03 bits per heavy atom. The summed E-state index contributed by atoms with van der Waals surface area (Å²) in [6.45, 7) is 1.86. The van der Waals surface area contributed by atoms with E-state index in [4.69, 9.17) is 27.9 Å². The first-order valence-corrected chi connectivity index (χ1v) is 14.3. The van der Waals surface area contributed by atoms with E-state index in [1.54, 1.807) is 12.3 Å². The van der Waals surface area contributed by atoms with Gasteiger partial charge in [0, 0.05) is 47.2 Å². The van der Waals surface area contributed by atoms with Gasteiger partial charge in [-0.25, -0.2) is 9.37 Å². The topological polar surface area (TPSA) is 75.7 Å². The lowest BCUT2D eigenvalue weighted by Gasteiger charge is -2.18. The highest BCUT2D eigenvalue weighted by molar-refractivity contribution is 6.35. The van der Waals surface area contributed by atoms with Crippen LogP contribution < -0.4 is 10.1 Å². The van der Waals surface area contributed by atoms with Gasteiger partial charge < -0.3 is 10.1 Å². The van der Waals surface area contributed by atoms with Crippen molar-refractivity contribution in [2.24, 2.45) is 0 Å². The molecule has 4 aromatic rings. The molecule has 0 unspecified atom stereocenters. The van der Waals surface area contributed by atoms with E-state index in [0.717, 1.165) is 29.6 Å². The predicted octanol–water partition coefficient (Wildman–Crippen LogP) is 9.18. The highest BCUT2D eigenvalue weighted by Crippen LogP contribution is 2.34. The summed E-state index contributed by atoms with van der Waals surface area (Å²) >= 11 is 12.6. The standard InChI is InChI=1S/C30H32Cl2FN5O/c1-19(30-24(31)17-34-18-25(30)32)39-22-11-12-27-23(14-22)28(38-37-27)15-26(33)20-10-13-29(35-16-20)36-21-8-6-4-2-3-5-7-9-21/h10-19,21H,2-9H2,1H3,(H,35,36)(H,37,38)/b26-15-/t19-/m1/s1. The van der Waals surface area contributed by atoms with E-state index in [0.29, 0.717) is 38.7 Å². The molecule has 0 radical (unpaired) electrons. The average Bonchev–Trinajstić information content (AvgIpc) is 3.36. The van der Waals surface area contributed by atoms with Crippen LogP contribution in [0.3, 0.4) is 0 Å². The second kappa shape index (κ2) is 12.8. The van der Waals surface area contributed by atoms with Crippen LogP contribution in [-0.4, -0.2) is 26.2 Å². The van der Waals surface area contributed by atoms with Crippen LogP contribution in [0, 0.1) is 0 Å². The average molecular weight is 569 g/mol. The quantitative estimate of drug-likeness (QED) is 0.233. The molecule has 1 fully saturated rings. The summed E-state index contributed by atoms with van der Waals surface area (Å²) in [5.74, 6) is 0.948. The molecule has 0 spiro atoms. The van der Waals surface area contributed by atoms with E-state index in [1.165, 1.54) is 57.0 Å². The van der Waals surface area contributed by atoms with E-state index in [2.05, 4.69) is 25.5 Å². The molecular weight excluding hydrogens is 536 g/mol. The smallest absolute Gasteiger partial charge is 0.134 e. The molecule has 1 atom stereocenters. The molecule has 39 heavy (non-hydrogen) atoms. The minimum absolute atomic E-state index is 0.397. The molecule has 3 aromatic heterocycles. The lowest BCUT2D eigenvalue weighted by Crippen LogP contribution is -2.19. The Bertz CT molecular complexity index is 1410. The van der Waals surface area contributed by atoms with Gasteiger partial charge in [0.15, 0.2) is 0 Å². The van der Waals surface area contributed by atoms with Crippen LogP contribution in [0.25, 0.3) is 22.8 Å². The zero-order valence-corrected chi connectivity index (χ0v) is 23.4. The second-order valence-corrected chi connectivity index (χ2v) is 10.9. The first-order valence-electron chi connectivity index (χ1n) is 13.5. The monoisotopic (exact) mass is 567 g/mol. The Hall–Kier alpha value is -3.16. The van der Waals surface area contributed by atoms with Crippen molar-refractivity contribution in [1.29, 1.82) is 0 Å². The molecule has 1 aliphatic carbocycles. The van der Waals surface area contributed by atoms with Crippen LogP contribution in [0.1, 0.15) is 81.2 Å². The van der Waals surface area contributed by atoms with Crippen molar-refractivity contribution in [3.8, 4) is 5.75 Å². The number of aromatic amines is 1. The van der Waals surface area contributed by atoms with Crippen molar-refractivity contribution in [1.82, 2.24) is 20.2 Å². The van der Waals surface area contributed by atoms with Crippen molar-refractivity contribution >= 4 is 51.8 Å². The van der Waals surface area contributed by atoms with Crippen LogP contribution in [0.15, 0.2) is 48.9 Å². The number of anilines is 1. The van der Waals surface area contributed by atoms with Crippen molar-refractivity contribution in [3.63, 3.8) is 0 Å². The number of halogens is 3. The van der Waals surface area contributed by atoms with E-state index in [9.17, 15) is 0 Å². The molecule has 1 aromatic carbocycles. The van der Waals surface area contributed by atoms with Crippen molar-refractivity contribution < 1.29 is 9.13 Å². The fraction of sp³-hybridized carbons (Fsp3) is 0.367. The molecular formula is C30H32Cl2FN5O. The SMILES string of the molecule is C[C@@H](Oc1ccc2[nH]nc(/C=C(\F)c3ccc(NC4CCCCCCCC4)nc3)c2c1)c1c(Cl)cncc1Cl. The van der Waals surface area contributed by atoms with Gasteiger partial charge in [-0.3, -0.25) is 10.1 Å². The first kappa shape index (κ1) is 27.4. The maximum atomic E-state index is 15.3. The highest BCUT2D eigenvalue weighted by Gasteiger charge is 2.17. The van der Waals surface area contributed by atoms with Crippen LogP contribution in [0.4, 0.5) is 10.2 Å². The third-order valence-corrected chi connectivity index (χ3v) is 7.79. The third kappa shape index (κ3) is 6.89. The Kier molecular flexibility index (Phi) is 8.99. The summed E-state index contributed by atoms with van der Waals surface area (Å²) in [4.78, 5) is 8.48. The zero-order chi connectivity index (χ0) is 27.2. The van der Waals surface area contributed by atoms with Gasteiger partial charge in [0.1, 0.15) is 23.5 Å². The van der Waals surface area contributed by atoms with E-state index in [1.807, 2.05) is 31.2 Å². The van der Waals surface area contributed by atoms with Crippen LogP contribution in [-0.2, 0) is 0 Å². The Labute approximate surface area is 238 Å². The number of H-pyrrole nitrogens is 1. The molecule has 2 N–H and O–H groups in total. The number of fused-ring (bicyclic) bond motifs is 1. The van der Waals surface area contributed by atoms with Crippen molar-refractivity contribution in [2.45, 2.75) is 70.4 Å². The van der Waals surface area contributed by atoms with Gasteiger partial charge in [-0.15, -0.1) is 0 Å². The summed E-state index contributed by atoms with van der Waals surface area (Å²) in [5.41, 5.74) is 2.28. The molecule has 0 bridgehead atoms. The van der Waals surface area contributed by atoms with Crippen molar-refractivity contribution in [3.05, 3.63) is 75.8 Å². The number of nitrogens with one attached hydrogen (secondary N) is 2. The summed E-state index contributed by atoms with van der Waals surface area (Å²) in [5, 5.41) is 12.4. The molecule has 1 saturated carbocycles. The summed E-state index contributed by atoms with van der Waals surface area (Å²) < 4.78 is 21.4. The number of aromatic nitrogens is 4. The molecule has 3 heterocycles. The van der Waals surface area contributed by atoms with Crippen molar-refractivity contribution in [2.75, 3.05) is 5.32 Å². The second-order valence-electron chi connectivity index (χ2n) is 10.1. The number of benzene rings is 1. The number of pyridine rings is 2. The molecule has 9 heteroatoms. The van der Waals surface area contributed by atoms with Crippen LogP contribution in [0.2, 0.25) is 10.0 Å². The molecule has 5 rings (SSSR count). The van der Waals surface area contributed by atoms with Gasteiger partial charge in [0.2, 0.25) is 0 Å². The van der Waals surface area contributed by atoms with Gasteiger partial charge in [-0.1, -0.05) is 61.7 Å². The van der Waals surface area contributed by atoms with E-state index in [-0.39, 0.29) is 0 Å². The normalized spacial score (nSPS) is 16.4. The van der Waals surface area contributed by atoms with Gasteiger partial charge >= 0.3 is 0 Å². The number of hydrogen-bond acceptors (Lipinski definition) is 5. The van der Waals surface area contributed by atoms with Gasteiger partial charge in [0.05, 0.1) is 21.3 Å². The lowest BCUT2D eigenvalue weighted by atomic mass is 10.1. The van der Waals surface area contributed by atoms with E-state index >= 15 is 4.39 Å². The summed E-state index contributed by atoms with van der Waals surface area (Å²) in [6.07, 6.45) is 15.6. The molecule has 0 aliphatic heterocycles. The zero-order valence-electron chi connectivity index (χ0n) is 21.9. The number of ether oxygens (including phenoxy) is 1. The first-order chi connectivity index (χ1) is 19.0. The van der Waals surface area contributed by atoms with Crippen LogP contribution >= 0.6 is 23.2 Å². The predicted molar refractivity (Wildman–Crippen MR) is 157 cm³/mol. The van der Waals surface area contributed by atoms with Gasteiger partial charge in [-0.05, 0) is 50.1 Å². The molecule has 204 valence electrons. The largest absolute Gasteiger partial charge is 0.486 e. The Morgan fingerprint density at radius 3 is 2.44 bits per heavy atom. The number of nitrogens with zero attached hydrogens (tertiary/aromatic N) is 3. The highest BCUT2D eigenvalue weighted by atomic mass is 35.5. The van der Waals surface area contributed by atoms with Gasteiger partial charge in [-0.2, -0.15) is 5.10 Å². The fourth-order valence-electron chi connectivity index (χ4n) is 5.08. The number of hydrogen-bond donors (Lipinski definition) is 2. The third-order valence-electron chi connectivity index (χ3n) is 7.18. The van der Waals surface area contributed by atoms with Gasteiger partial charge in [0.25, 0.3) is 0 Å². The number of rotatable bonds is 7. The maximum absolute atomic E-state index is 15.3. The molecule has 0 amide bonds. The lowest BCUT2D eigenvalue weighted by molar-refractivity contribution is 0.227. The van der Waals surface area contributed by atoms with Crippen LogP contribution in [0.5, 0.6) is 5.75 Å². The van der Waals surface area contributed by atoms with E-state index < -0.39 is 11.9 Å². The minimum atomic E-state index is -0.418. The Balaban J connectivity index is 1.30. The molecule has 0 saturated heterocycles. The maximum Gasteiger partial charge on any atom is 0.134 e. The fourth-order valence-corrected chi connectivity index (χ4v) is 5.75. The Morgan fingerprint density at radius 2 is 1.74 bits per heavy atom. The molecule has 1 aliphatic rings. The minimum Gasteiger partial charge on any atom is -0.486 e. The summed E-state index contributed by atoms with van der Waals surface area (Å²) in [6, 6.07) is 9.50.